The summed E-state index contributed by atoms with van der Waals surface area (Å²) in [5, 5.41) is 8.81. The summed E-state index contributed by atoms with van der Waals surface area (Å²) in [5.41, 5.74) is 2.54. The number of rotatable bonds is 3. The molecule has 0 amide bonds. The number of aromatic nitrogens is 2. The van der Waals surface area contributed by atoms with Crippen molar-refractivity contribution in [1.82, 2.24) is 9.55 Å². The van der Waals surface area contributed by atoms with Gasteiger partial charge in [-0.1, -0.05) is 6.07 Å². The second kappa shape index (κ2) is 5.42. The number of aromatic amines is 1. The van der Waals surface area contributed by atoms with E-state index in [9.17, 15) is 9.59 Å². The predicted octanol–water partition coefficient (Wildman–Crippen LogP) is 2.14. The van der Waals surface area contributed by atoms with E-state index in [0.717, 1.165) is 11.1 Å². The van der Waals surface area contributed by atoms with E-state index >= 15 is 0 Å². The van der Waals surface area contributed by atoms with Crippen LogP contribution in [0, 0.1) is 18.6 Å². The molecule has 0 aliphatic carbocycles. The maximum atomic E-state index is 12.3. The molecular weight excluding hydrogens is 276 g/mol. The van der Waals surface area contributed by atoms with Crippen LogP contribution in [0.3, 0.4) is 0 Å². The number of benzene rings is 1. The number of H-pyrrole nitrogens is 1. The molecule has 0 saturated carbocycles. The van der Waals surface area contributed by atoms with E-state index in [2.05, 4.69) is 4.98 Å². The van der Waals surface area contributed by atoms with Gasteiger partial charge < -0.3 is 10.1 Å². The molecule has 20 heavy (non-hydrogen) atoms. The van der Waals surface area contributed by atoms with Crippen molar-refractivity contribution in [2.45, 2.75) is 20.3 Å². The molecule has 0 aliphatic heterocycles. The molecule has 0 radical (unpaired) electrons. The third-order valence-corrected chi connectivity index (χ3v) is 3.44. The molecule has 5 nitrogen and oxygen atoms in total. The molecule has 0 spiro atoms. The molecule has 0 saturated heterocycles. The van der Waals surface area contributed by atoms with E-state index < -0.39 is 11.5 Å². The van der Waals surface area contributed by atoms with Gasteiger partial charge in [0.15, 0.2) is 4.77 Å². The zero-order valence-corrected chi connectivity index (χ0v) is 12.0. The Balaban J connectivity index is 2.67. The Hall–Kier alpha value is -2.21. The summed E-state index contributed by atoms with van der Waals surface area (Å²) in [7, 11) is 0. The van der Waals surface area contributed by atoms with Crippen molar-refractivity contribution in [2.24, 2.45) is 0 Å². The first-order chi connectivity index (χ1) is 9.40. The van der Waals surface area contributed by atoms with E-state index in [-0.39, 0.29) is 16.8 Å². The lowest BCUT2D eigenvalue weighted by atomic mass is 10.1. The average Bonchev–Trinajstić information content (AvgIpc) is 2.37. The number of carboxylic acids is 1. The van der Waals surface area contributed by atoms with Crippen LogP contribution in [0.15, 0.2) is 29.2 Å². The van der Waals surface area contributed by atoms with Gasteiger partial charge in [0.05, 0.1) is 12.1 Å². The molecule has 1 aromatic carbocycles. The Kier molecular flexibility index (Phi) is 3.85. The zero-order chi connectivity index (χ0) is 14.9. The van der Waals surface area contributed by atoms with Gasteiger partial charge in [-0.15, -0.1) is 0 Å². The number of nitrogens with zero attached hydrogens (tertiary/aromatic N) is 1. The number of aryl methyl sites for hydroxylation is 2. The Morgan fingerprint density at radius 3 is 2.65 bits per heavy atom. The minimum atomic E-state index is -1.06. The van der Waals surface area contributed by atoms with Gasteiger partial charge in [0, 0.05) is 11.8 Å². The Labute approximate surface area is 120 Å². The van der Waals surface area contributed by atoms with E-state index in [4.69, 9.17) is 17.3 Å². The lowest BCUT2D eigenvalue weighted by molar-refractivity contribution is -0.136. The quantitative estimate of drug-likeness (QED) is 0.849. The van der Waals surface area contributed by atoms with Crippen LogP contribution in [0.4, 0.5) is 0 Å². The fourth-order valence-electron chi connectivity index (χ4n) is 1.90. The Morgan fingerprint density at radius 2 is 2.05 bits per heavy atom. The fraction of sp³-hybridized carbons (Fsp3) is 0.214. The maximum Gasteiger partial charge on any atom is 0.308 e. The van der Waals surface area contributed by atoms with Crippen molar-refractivity contribution in [3.63, 3.8) is 0 Å². The summed E-state index contributed by atoms with van der Waals surface area (Å²) in [6, 6.07) is 5.54. The van der Waals surface area contributed by atoms with Gasteiger partial charge in [-0.2, -0.15) is 0 Å². The smallest absolute Gasteiger partial charge is 0.308 e. The number of carbonyl (C=O) groups is 1. The minimum absolute atomic E-state index is 0.171. The molecule has 2 N–H and O–H groups in total. The van der Waals surface area contributed by atoms with E-state index in [1.165, 1.54) is 10.8 Å². The second-order valence-corrected chi connectivity index (χ2v) is 4.99. The van der Waals surface area contributed by atoms with Crippen molar-refractivity contribution in [1.29, 1.82) is 0 Å². The summed E-state index contributed by atoms with van der Waals surface area (Å²) in [6.07, 6.45) is 1.02. The monoisotopic (exact) mass is 290 g/mol. The highest BCUT2D eigenvalue weighted by Gasteiger charge is 2.11. The van der Waals surface area contributed by atoms with Gasteiger partial charge in [-0.25, -0.2) is 0 Å². The zero-order valence-electron chi connectivity index (χ0n) is 11.1. The van der Waals surface area contributed by atoms with Crippen molar-refractivity contribution >= 4 is 18.2 Å². The van der Waals surface area contributed by atoms with Crippen LogP contribution in [0.1, 0.15) is 16.7 Å². The van der Waals surface area contributed by atoms with Crippen molar-refractivity contribution in [3.05, 3.63) is 56.2 Å². The summed E-state index contributed by atoms with van der Waals surface area (Å²) in [6.45, 7) is 3.92. The molecule has 0 unspecified atom stereocenters. The molecule has 2 rings (SSSR count). The normalized spacial score (nSPS) is 10.5. The number of carboxylic acid groups (broad SMARTS) is 1. The number of hydrogen-bond acceptors (Lipinski definition) is 3. The molecule has 104 valence electrons. The molecule has 1 aromatic heterocycles. The first-order valence-corrected chi connectivity index (χ1v) is 6.44. The molecule has 0 bridgehead atoms. The fourth-order valence-corrected chi connectivity index (χ4v) is 2.15. The van der Waals surface area contributed by atoms with Gasteiger partial charge in [0.25, 0.3) is 5.56 Å². The van der Waals surface area contributed by atoms with E-state index in [0.29, 0.717) is 5.69 Å². The lowest BCUT2D eigenvalue weighted by Gasteiger charge is -2.09. The van der Waals surface area contributed by atoms with Crippen LogP contribution in [0.25, 0.3) is 5.69 Å². The van der Waals surface area contributed by atoms with Crippen LogP contribution in [-0.4, -0.2) is 20.6 Å². The van der Waals surface area contributed by atoms with Crippen molar-refractivity contribution < 1.29 is 9.90 Å². The average molecular weight is 290 g/mol. The summed E-state index contributed by atoms with van der Waals surface area (Å²) in [5.74, 6) is -1.06. The first kappa shape index (κ1) is 14.2. The van der Waals surface area contributed by atoms with Gasteiger partial charge in [0.2, 0.25) is 0 Å². The van der Waals surface area contributed by atoms with E-state index in [1.54, 1.807) is 6.07 Å². The minimum Gasteiger partial charge on any atom is -0.481 e. The second-order valence-electron chi connectivity index (χ2n) is 4.60. The highest BCUT2D eigenvalue weighted by molar-refractivity contribution is 7.71. The van der Waals surface area contributed by atoms with Crippen molar-refractivity contribution in [2.75, 3.05) is 0 Å². The molecule has 6 heteroatoms. The van der Waals surface area contributed by atoms with Gasteiger partial charge in [-0.05, 0) is 49.3 Å². The van der Waals surface area contributed by atoms with Crippen LogP contribution < -0.4 is 5.56 Å². The lowest BCUT2D eigenvalue weighted by Crippen LogP contribution is -2.25. The van der Waals surface area contributed by atoms with Crippen LogP contribution >= 0.6 is 12.2 Å². The van der Waals surface area contributed by atoms with Crippen LogP contribution in [0.2, 0.25) is 0 Å². The van der Waals surface area contributed by atoms with Gasteiger partial charge in [-0.3, -0.25) is 14.2 Å². The molecular formula is C14H14N2O3S. The third-order valence-electron chi connectivity index (χ3n) is 3.14. The Morgan fingerprint density at radius 1 is 1.35 bits per heavy atom. The topological polar surface area (TPSA) is 75.1 Å². The third kappa shape index (κ3) is 2.70. The maximum absolute atomic E-state index is 12.3. The molecule has 1 heterocycles. The van der Waals surface area contributed by atoms with Gasteiger partial charge >= 0.3 is 5.97 Å². The standard InChI is InChI=1S/C14H14N2O3S/c1-8-3-4-11(5-9(8)2)16-13(19)10(6-12(17)18)7-15-14(16)20/h3-5,7H,6H2,1-2H3,(H,15,20)(H,17,18). The summed E-state index contributed by atoms with van der Waals surface area (Å²) >= 11 is 5.13. The predicted molar refractivity (Wildman–Crippen MR) is 78.0 cm³/mol. The molecule has 2 aromatic rings. The van der Waals surface area contributed by atoms with Crippen LogP contribution in [0.5, 0.6) is 0 Å². The van der Waals surface area contributed by atoms with Gasteiger partial charge in [0.1, 0.15) is 0 Å². The highest BCUT2D eigenvalue weighted by atomic mass is 32.1. The molecule has 0 aliphatic rings. The van der Waals surface area contributed by atoms with E-state index in [1.807, 2.05) is 26.0 Å². The first-order valence-electron chi connectivity index (χ1n) is 6.03. The molecule has 0 fully saturated rings. The highest BCUT2D eigenvalue weighted by Crippen LogP contribution is 2.13. The largest absolute Gasteiger partial charge is 0.481 e. The van der Waals surface area contributed by atoms with Crippen molar-refractivity contribution in [3.8, 4) is 5.69 Å². The SMILES string of the molecule is Cc1ccc(-n2c(=S)[nH]cc(CC(=O)O)c2=O)cc1C. The molecule has 0 atom stereocenters. The summed E-state index contributed by atoms with van der Waals surface area (Å²) in [4.78, 5) is 25.9. The Bertz CT molecular complexity index is 790. The summed E-state index contributed by atoms with van der Waals surface area (Å²) < 4.78 is 1.56. The number of hydrogen-bond donors (Lipinski definition) is 2. The number of aliphatic carboxylic acids is 1. The van der Waals surface area contributed by atoms with Crippen LogP contribution in [-0.2, 0) is 11.2 Å². The number of nitrogens with one attached hydrogen (secondary N) is 1.